The highest BCUT2D eigenvalue weighted by Crippen LogP contribution is 2.34. The minimum absolute atomic E-state index is 0.0311. The Morgan fingerprint density at radius 1 is 1.37 bits per heavy atom. The second-order valence-electron chi connectivity index (χ2n) is 4.25. The third-order valence-electron chi connectivity index (χ3n) is 2.86. The number of aryl methyl sites for hydroxylation is 1. The van der Waals surface area contributed by atoms with Crippen LogP contribution in [0.1, 0.15) is 16.8 Å². The van der Waals surface area contributed by atoms with Crippen molar-refractivity contribution in [2.45, 2.75) is 19.5 Å². The van der Waals surface area contributed by atoms with E-state index in [-0.39, 0.29) is 22.9 Å². The van der Waals surface area contributed by atoms with Crippen LogP contribution >= 0.6 is 0 Å². The molecule has 0 atom stereocenters. The van der Waals surface area contributed by atoms with Gasteiger partial charge in [-0.05, 0) is 24.6 Å². The fourth-order valence-electron chi connectivity index (χ4n) is 2.00. The van der Waals surface area contributed by atoms with E-state index in [1.54, 1.807) is 6.92 Å². The predicted molar refractivity (Wildman–Crippen MR) is 60.9 cm³/mol. The van der Waals surface area contributed by atoms with E-state index in [4.69, 9.17) is 5.73 Å². The number of halogens is 4. The van der Waals surface area contributed by atoms with Crippen molar-refractivity contribution in [3.05, 3.63) is 34.8 Å². The lowest BCUT2D eigenvalue weighted by molar-refractivity contribution is -0.137. The number of carbonyl (C=O) groups is 1. The van der Waals surface area contributed by atoms with Crippen molar-refractivity contribution < 1.29 is 22.4 Å². The first-order chi connectivity index (χ1) is 8.70. The van der Waals surface area contributed by atoms with Gasteiger partial charge in [-0.3, -0.25) is 4.79 Å². The Balaban J connectivity index is 2.73. The quantitative estimate of drug-likeness (QED) is 0.813. The van der Waals surface area contributed by atoms with Gasteiger partial charge in [0.05, 0.1) is 17.5 Å². The van der Waals surface area contributed by atoms with Crippen molar-refractivity contribution in [1.29, 1.82) is 0 Å². The minimum Gasteiger partial charge on any atom is -0.369 e. The predicted octanol–water partition coefficient (Wildman–Crippen LogP) is 2.66. The molecule has 19 heavy (non-hydrogen) atoms. The van der Waals surface area contributed by atoms with Crippen LogP contribution in [-0.2, 0) is 17.4 Å². The number of nitrogens with two attached hydrogens (primary N) is 1. The molecule has 2 rings (SSSR count). The topological polar surface area (TPSA) is 58.9 Å². The average molecular weight is 274 g/mol. The number of hydrogen-bond donors (Lipinski definition) is 2. The molecule has 0 saturated carbocycles. The first kappa shape index (κ1) is 13.4. The SMILES string of the molecule is Cc1[nH]c2c(F)cc(C(F)(F)F)cc2c1CC(N)=O. The highest BCUT2D eigenvalue weighted by molar-refractivity contribution is 5.90. The van der Waals surface area contributed by atoms with Gasteiger partial charge in [-0.15, -0.1) is 0 Å². The number of alkyl halides is 3. The van der Waals surface area contributed by atoms with Crippen LogP contribution < -0.4 is 5.73 Å². The van der Waals surface area contributed by atoms with Crippen molar-refractivity contribution in [2.75, 3.05) is 0 Å². The summed E-state index contributed by atoms with van der Waals surface area (Å²) in [6, 6.07) is 1.24. The van der Waals surface area contributed by atoms with E-state index >= 15 is 0 Å². The fraction of sp³-hybridized carbons (Fsp3) is 0.250. The summed E-state index contributed by atoms with van der Waals surface area (Å²) in [7, 11) is 0. The van der Waals surface area contributed by atoms with Crippen LogP contribution in [0.15, 0.2) is 12.1 Å². The molecule has 0 spiro atoms. The molecule has 0 aliphatic rings. The number of benzene rings is 1. The molecule has 1 heterocycles. The Hall–Kier alpha value is -2.05. The van der Waals surface area contributed by atoms with Crippen LogP contribution in [0.2, 0.25) is 0 Å². The van der Waals surface area contributed by atoms with Crippen molar-refractivity contribution in [1.82, 2.24) is 4.98 Å². The van der Waals surface area contributed by atoms with E-state index < -0.39 is 23.5 Å². The molecule has 1 aromatic carbocycles. The first-order valence-corrected chi connectivity index (χ1v) is 5.36. The lowest BCUT2D eigenvalue weighted by Crippen LogP contribution is -2.14. The fourth-order valence-corrected chi connectivity index (χ4v) is 2.00. The molecule has 0 bridgehead atoms. The van der Waals surface area contributed by atoms with E-state index in [1.807, 2.05) is 0 Å². The van der Waals surface area contributed by atoms with E-state index in [2.05, 4.69) is 4.98 Å². The van der Waals surface area contributed by atoms with Crippen LogP contribution in [0.4, 0.5) is 17.6 Å². The van der Waals surface area contributed by atoms with E-state index in [1.165, 1.54) is 0 Å². The zero-order valence-electron chi connectivity index (χ0n) is 9.86. The number of amides is 1. The number of fused-ring (bicyclic) bond motifs is 1. The van der Waals surface area contributed by atoms with Crippen molar-refractivity contribution in [3.63, 3.8) is 0 Å². The maximum Gasteiger partial charge on any atom is 0.416 e. The summed E-state index contributed by atoms with van der Waals surface area (Å²) in [5.74, 6) is -1.70. The van der Waals surface area contributed by atoms with Gasteiger partial charge in [-0.2, -0.15) is 13.2 Å². The maximum atomic E-state index is 13.7. The first-order valence-electron chi connectivity index (χ1n) is 5.36. The highest BCUT2D eigenvalue weighted by Gasteiger charge is 2.32. The van der Waals surface area contributed by atoms with Crippen LogP contribution in [0.3, 0.4) is 0 Å². The van der Waals surface area contributed by atoms with Gasteiger partial charge in [0.15, 0.2) is 0 Å². The van der Waals surface area contributed by atoms with Gasteiger partial charge in [0, 0.05) is 11.1 Å². The smallest absolute Gasteiger partial charge is 0.369 e. The zero-order chi connectivity index (χ0) is 14.4. The lowest BCUT2D eigenvalue weighted by Gasteiger charge is -2.07. The summed E-state index contributed by atoms with van der Waals surface area (Å²) in [4.78, 5) is 13.6. The Labute approximate surface area is 105 Å². The number of aromatic amines is 1. The number of H-pyrrole nitrogens is 1. The minimum atomic E-state index is -4.65. The molecule has 0 unspecified atom stereocenters. The van der Waals surface area contributed by atoms with E-state index in [0.29, 0.717) is 11.8 Å². The molecule has 0 fully saturated rings. The molecule has 102 valence electrons. The van der Waals surface area contributed by atoms with Gasteiger partial charge in [0.25, 0.3) is 0 Å². The summed E-state index contributed by atoms with van der Waals surface area (Å²) in [6.07, 6.45) is -4.89. The summed E-state index contributed by atoms with van der Waals surface area (Å²) in [5, 5.41) is 0.0311. The van der Waals surface area contributed by atoms with Crippen LogP contribution in [0, 0.1) is 12.7 Å². The molecule has 2 aromatic rings. The largest absolute Gasteiger partial charge is 0.416 e. The molecule has 1 aromatic heterocycles. The monoisotopic (exact) mass is 274 g/mol. The van der Waals surface area contributed by atoms with Crippen molar-refractivity contribution >= 4 is 16.8 Å². The molecule has 0 aliphatic heterocycles. The molecular formula is C12H10F4N2O. The van der Waals surface area contributed by atoms with Crippen molar-refractivity contribution in [3.8, 4) is 0 Å². The summed E-state index contributed by atoms with van der Waals surface area (Å²) in [6.45, 7) is 1.55. The number of hydrogen-bond acceptors (Lipinski definition) is 1. The Morgan fingerprint density at radius 2 is 2.00 bits per heavy atom. The number of carbonyl (C=O) groups excluding carboxylic acids is 1. The van der Waals surface area contributed by atoms with Crippen LogP contribution in [0.25, 0.3) is 10.9 Å². The number of rotatable bonds is 2. The molecule has 7 heteroatoms. The van der Waals surface area contributed by atoms with Gasteiger partial charge in [-0.1, -0.05) is 0 Å². The van der Waals surface area contributed by atoms with E-state index in [9.17, 15) is 22.4 Å². The van der Waals surface area contributed by atoms with Crippen molar-refractivity contribution in [2.24, 2.45) is 5.73 Å². The molecule has 0 aliphatic carbocycles. The average Bonchev–Trinajstić information content (AvgIpc) is 2.55. The third-order valence-corrected chi connectivity index (χ3v) is 2.86. The molecule has 3 N–H and O–H groups in total. The van der Waals surface area contributed by atoms with Gasteiger partial charge < -0.3 is 10.7 Å². The lowest BCUT2D eigenvalue weighted by atomic mass is 10.0. The van der Waals surface area contributed by atoms with Crippen LogP contribution in [-0.4, -0.2) is 10.9 Å². The molecule has 3 nitrogen and oxygen atoms in total. The summed E-state index contributed by atoms with van der Waals surface area (Å²) >= 11 is 0. The third kappa shape index (κ3) is 2.40. The molecule has 0 saturated heterocycles. The molecule has 1 amide bonds. The second kappa shape index (κ2) is 4.25. The standard InChI is InChI=1S/C12H10F4N2O/c1-5-7(4-10(17)19)8-2-6(12(14,15)16)3-9(13)11(8)18-5/h2-3,18H,4H2,1H3,(H2,17,19). The van der Waals surface area contributed by atoms with E-state index in [0.717, 1.165) is 6.07 Å². The van der Waals surface area contributed by atoms with Gasteiger partial charge >= 0.3 is 6.18 Å². The molecular weight excluding hydrogens is 264 g/mol. The van der Waals surface area contributed by atoms with Gasteiger partial charge in [-0.25, -0.2) is 4.39 Å². The highest BCUT2D eigenvalue weighted by atomic mass is 19.4. The summed E-state index contributed by atoms with van der Waals surface area (Å²) in [5.41, 5.74) is 4.60. The van der Waals surface area contributed by atoms with Crippen LogP contribution in [0.5, 0.6) is 0 Å². The second-order valence-corrected chi connectivity index (χ2v) is 4.25. The summed E-state index contributed by atoms with van der Waals surface area (Å²) < 4.78 is 51.5. The zero-order valence-corrected chi connectivity index (χ0v) is 9.86. The normalized spacial score (nSPS) is 12.1. The molecule has 0 radical (unpaired) electrons. The van der Waals surface area contributed by atoms with Gasteiger partial charge in [0.1, 0.15) is 5.82 Å². The Bertz CT molecular complexity index is 658. The number of aromatic nitrogens is 1. The Kier molecular flexibility index (Phi) is 3.00. The van der Waals surface area contributed by atoms with Gasteiger partial charge in [0.2, 0.25) is 5.91 Å². The maximum absolute atomic E-state index is 13.7. The number of nitrogens with one attached hydrogen (secondary N) is 1. The Morgan fingerprint density at radius 3 is 2.53 bits per heavy atom. The number of primary amides is 1.